The lowest BCUT2D eigenvalue weighted by Crippen LogP contribution is -2.35. The molecule has 0 N–H and O–H groups in total. The number of pyridine rings is 1. The fourth-order valence-corrected chi connectivity index (χ4v) is 1.44. The van der Waals surface area contributed by atoms with Gasteiger partial charge in [-0.3, -0.25) is 0 Å². The van der Waals surface area contributed by atoms with E-state index in [0.717, 1.165) is 0 Å². The van der Waals surface area contributed by atoms with Gasteiger partial charge in [0.1, 0.15) is 5.69 Å². The van der Waals surface area contributed by atoms with Crippen LogP contribution in [0.3, 0.4) is 0 Å². The van der Waals surface area contributed by atoms with Gasteiger partial charge in [0.15, 0.2) is 0 Å². The van der Waals surface area contributed by atoms with Crippen LogP contribution in [0, 0.1) is 29.4 Å². The molecule has 0 radical (unpaired) electrons. The molecule has 0 saturated heterocycles. The average Bonchev–Trinajstić information content (AvgIpc) is 2.25. The Labute approximate surface area is 97.3 Å². The van der Waals surface area contributed by atoms with Crippen molar-refractivity contribution < 1.29 is 17.6 Å². The van der Waals surface area contributed by atoms with E-state index >= 15 is 0 Å². The highest BCUT2D eigenvalue weighted by Crippen LogP contribution is 2.28. The molecule has 1 rings (SSSR count). The van der Waals surface area contributed by atoms with Crippen LogP contribution in [0.25, 0.3) is 0 Å². The SMILES string of the molecule is CC(C)C(C)N(C)c1c(F)c(F)nc(F)c1F. The van der Waals surface area contributed by atoms with E-state index in [1.54, 1.807) is 6.92 Å². The van der Waals surface area contributed by atoms with Gasteiger partial charge in [0.2, 0.25) is 11.6 Å². The first-order valence-electron chi connectivity index (χ1n) is 5.20. The average molecular weight is 250 g/mol. The molecule has 0 spiro atoms. The summed E-state index contributed by atoms with van der Waals surface area (Å²) >= 11 is 0. The first kappa shape index (κ1) is 13.7. The number of anilines is 1. The van der Waals surface area contributed by atoms with Crippen LogP contribution < -0.4 is 4.90 Å². The molecule has 96 valence electrons. The molecule has 0 saturated carbocycles. The van der Waals surface area contributed by atoms with Gasteiger partial charge < -0.3 is 4.90 Å². The summed E-state index contributed by atoms with van der Waals surface area (Å²) in [4.78, 5) is 3.68. The molecular weight excluding hydrogens is 236 g/mol. The van der Waals surface area contributed by atoms with Gasteiger partial charge in [0, 0.05) is 13.1 Å². The van der Waals surface area contributed by atoms with Crippen molar-refractivity contribution in [2.24, 2.45) is 5.92 Å². The zero-order chi connectivity index (χ0) is 13.3. The molecule has 1 aromatic rings. The molecular formula is C11H14F4N2. The van der Waals surface area contributed by atoms with Crippen molar-refractivity contribution in [1.82, 2.24) is 4.98 Å². The van der Waals surface area contributed by atoms with Crippen molar-refractivity contribution >= 4 is 5.69 Å². The standard InChI is InChI=1S/C11H14F4N2/c1-5(2)6(3)17(4)9-7(12)10(14)16-11(15)8(9)13/h5-6H,1-4H3. The van der Waals surface area contributed by atoms with E-state index in [2.05, 4.69) is 4.98 Å². The minimum atomic E-state index is -1.64. The van der Waals surface area contributed by atoms with Crippen molar-refractivity contribution in [3.63, 3.8) is 0 Å². The first-order valence-corrected chi connectivity index (χ1v) is 5.20. The third-order valence-electron chi connectivity index (χ3n) is 2.90. The third-order valence-corrected chi connectivity index (χ3v) is 2.90. The lowest BCUT2D eigenvalue weighted by atomic mass is 10.0. The minimum absolute atomic E-state index is 0.0677. The van der Waals surface area contributed by atoms with Crippen LogP contribution >= 0.6 is 0 Å². The summed E-state index contributed by atoms with van der Waals surface area (Å²) in [6.45, 7) is 5.38. The van der Waals surface area contributed by atoms with Gasteiger partial charge in [-0.15, -0.1) is 0 Å². The van der Waals surface area contributed by atoms with E-state index in [1.807, 2.05) is 13.8 Å². The van der Waals surface area contributed by atoms with E-state index in [0.29, 0.717) is 0 Å². The Hall–Kier alpha value is -1.33. The molecule has 17 heavy (non-hydrogen) atoms. The molecule has 2 nitrogen and oxygen atoms in total. The molecule has 0 aliphatic carbocycles. The highest BCUT2D eigenvalue weighted by atomic mass is 19.2. The Bertz CT molecular complexity index is 394. The quantitative estimate of drug-likeness (QED) is 0.605. The minimum Gasteiger partial charge on any atom is -0.367 e. The zero-order valence-corrected chi connectivity index (χ0v) is 10.1. The van der Waals surface area contributed by atoms with Gasteiger partial charge >= 0.3 is 0 Å². The van der Waals surface area contributed by atoms with Gasteiger partial charge in [-0.1, -0.05) is 13.8 Å². The first-order chi connectivity index (χ1) is 7.77. The normalized spacial score (nSPS) is 13.0. The summed E-state index contributed by atoms with van der Waals surface area (Å²) < 4.78 is 52.7. The number of rotatable bonds is 3. The van der Waals surface area contributed by atoms with Crippen LogP contribution in [-0.2, 0) is 0 Å². The summed E-state index contributed by atoms with van der Waals surface area (Å²) in [6, 6.07) is -0.278. The summed E-state index contributed by atoms with van der Waals surface area (Å²) in [5.74, 6) is -6.15. The Morgan fingerprint density at radius 1 is 0.941 bits per heavy atom. The zero-order valence-electron chi connectivity index (χ0n) is 10.1. The van der Waals surface area contributed by atoms with E-state index in [9.17, 15) is 17.6 Å². The number of hydrogen-bond donors (Lipinski definition) is 0. The van der Waals surface area contributed by atoms with Crippen molar-refractivity contribution in [3.05, 3.63) is 23.5 Å². The number of aromatic nitrogens is 1. The Morgan fingerprint density at radius 3 is 1.71 bits per heavy atom. The highest BCUT2D eigenvalue weighted by Gasteiger charge is 2.26. The summed E-state index contributed by atoms with van der Waals surface area (Å²) in [6.07, 6.45) is 0. The Kier molecular flexibility index (Phi) is 3.95. The number of halogens is 4. The van der Waals surface area contributed by atoms with Gasteiger partial charge in [-0.05, 0) is 12.8 Å². The fourth-order valence-electron chi connectivity index (χ4n) is 1.44. The van der Waals surface area contributed by atoms with Crippen molar-refractivity contribution in [2.75, 3.05) is 11.9 Å². The number of hydrogen-bond acceptors (Lipinski definition) is 2. The highest BCUT2D eigenvalue weighted by molar-refractivity contribution is 5.48. The lowest BCUT2D eigenvalue weighted by molar-refractivity contribution is 0.399. The molecule has 0 aliphatic heterocycles. The van der Waals surface area contributed by atoms with Gasteiger partial charge in [0.25, 0.3) is 11.9 Å². The van der Waals surface area contributed by atoms with Crippen LogP contribution in [0.1, 0.15) is 20.8 Å². The van der Waals surface area contributed by atoms with E-state index in [1.165, 1.54) is 11.9 Å². The monoisotopic (exact) mass is 250 g/mol. The second-order valence-electron chi connectivity index (χ2n) is 4.27. The van der Waals surface area contributed by atoms with Crippen molar-refractivity contribution in [1.29, 1.82) is 0 Å². The third kappa shape index (κ3) is 2.50. The Morgan fingerprint density at radius 2 is 1.35 bits per heavy atom. The maximum Gasteiger partial charge on any atom is 0.253 e. The molecule has 0 aromatic carbocycles. The van der Waals surface area contributed by atoms with Gasteiger partial charge in [0.05, 0.1) is 0 Å². The Balaban J connectivity index is 3.30. The molecule has 1 aromatic heterocycles. The largest absolute Gasteiger partial charge is 0.367 e. The van der Waals surface area contributed by atoms with Crippen LogP contribution in [0.4, 0.5) is 23.2 Å². The summed E-state index contributed by atoms with van der Waals surface area (Å²) in [7, 11) is 1.38. The van der Waals surface area contributed by atoms with Crippen molar-refractivity contribution in [3.8, 4) is 0 Å². The van der Waals surface area contributed by atoms with Crippen molar-refractivity contribution in [2.45, 2.75) is 26.8 Å². The van der Waals surface area contributed by atoms with Crippen LogP contribution in [0.5, 0.6) is 0 Å². The van der Waals surface area contributed by atoms with E-state index < -0.39 is 29.2 Å². The van der Waals surface area contributed by atoms with Crippen LogP contribution in [0.2, 0.25) is 0 Å². The summed E-state index contributed by atoms with van der Waals surface area (Å²) in [5, 5.41) is 0. The second kappa shape index (κ2) is 4.89. The molecule has 0 amide bonds. The topological polar surface area (TPSA) is 16.1 Å². The van der Waals surface area contributed by atoms with E-state index in [4.69, 9.17) is 0 Å². The fraction of sp³-hybridized carbons (Fsp3) is 0.545. The molecule has 1 heterocycles. The van der Waals surface area contributed by atoms with Crippen LogP contribution in [-0.4, -0.2) is 18.1 Å². The predicted molar refractivity (Wildman–Crippen MR) is 56.8 cm³/mol. The summed E-state index contributed by atoms with van der Waals surface area (Å²) in [5.41, 5.74) is -0.726. The molecule has 1 atom stereocenters. The number of nitrogens with zero attached hydrogens (tertiary/aromatic N) is 2. The second-order valence-corrected chi connectivity index (χ2v) is 4.27. The maximum absolute atomic E-state index is 13.4. The molecule has 0 aliphatic rings. The smallest absolute Gasteiger partial charge is 0.253 e. The molecule has 1 unspecified atom stereocenters. The molecule has 6 heteroatoms. The molecule has 0 fully saturated rings. The lowest BCUT2D eigenvalue weighted by Gasteiger charge is -2.30. The van der Waals surface area contributed by atoms with Crippen LogP contribution in [0.15, 0.2) is 0 Å². The van der Waals surface area contributed by atoms with Gasteiger partial charge in [-0.25, -0.2) is 0 Å². The van der Waals surface area contributed by atoms with Gasteiger partial charge in [-0.2, -0.15) is 22.5 Å². The predicted octanol–water partition coefficient (Wildman–Crippen LogP) is 3.12. The van der Waals surface area contributed by atoms with E-state index in [-0.39, 0.29) is 12.0 Å². The molecule has 0 bridgehead atoms. The maximum atomic E-state index is 13.4.